The predicted octanol–water partition coefficient (Wildman–Crippen LogP) is 6.02. The molecule has 12 nitrogen and oxygen atoms in total. The fourth-order valence-corrected chi connectivity index (χ4v) is 4.63. The quantitative estimate of drug-likeness (QED) is 0.120. The average Bonchev–Trinajstić information content (AvgIpc) is 3.15. The van der Waals surface area contributed by atoms with Crippen LogP contribution < -0.4 is 10.2 Å². The summed E-state index contributed by atoms with van der Waals surface area (Å²) in [6.45, 7) is 3.25. The van der Waals surface area contributed by atoms with Gasteiger partial charge in [0, 0.05) is 35.3 Å². The van der Waals surface area contributed by atoms with Gasteiger partial charge in [0.15, 0.2) is 0 Å². The maximum atomic E-state index is 11.2. The first-order valence-corrected chi connectivity index (χ1v) is 19.5. The maximum absolute atomic E-state index is 11.2. The summed E-state index contributed by atoms with van der Waals surface area (Å²) in [7, 11) is 0.483. The van der Waals surface area contributed by atoms with Crippen molar-refractivity contribution in [1.82, 2.24) is 9.80 Å². The van der Waals surface area contributed by atoms with Crippen LogP contribution in [0.25, 0.3) is 10.3 Å². The van der Waals surface area contributed by atoms with Crippen LogP contribution in [0.1, 0.15) is 11.1 Å². The van der Waals surface area contributed by atoms with E-state index in [1.165, 1.54) is 24.3 Å². The van der Waals surface area contributed by atoms with Gasteiger partial charge in [-0.05, 0) is 63.6 Å². The first kappa shape index (κ1) is 53.9. The number of nitrogens with zero attached hydrogens (tertiary/aromatic N) is 4. The molecule has 0 atom stereocenters. The summed E-state index contributed by atoms with van der Waals surface area (Å²) in [6.07, 6.45) is 3.29. The van der Waals surface area contributed by atoms with Gasteiger partial charge in [0.2, 0.25) is 0 Å². The molecule has 0 spiro atoms. The molecule has 0 aliphatic rings. The molecule has 0 fully saturated rings. The molecule has 56 heavy (non-hydrogen) atoms. The standard InChI is InChI=1S/2C11H16N2O.2C6H6NO2S.C6H6.2Cu/c2*1-13(2)8-7-12-9-10-5-3-4-6-11(10)14;2*7-10(8,9)6-4-2-1-3-5-6;1-2-4-6-5-3-1;;/h2*3-6,9,14H,7-8H2,1-2H3;2*1-5H,(H-,7,8,9);1-6H;;/q;;2*-1;;2*+2/p-2. The number of hydrogen-bond acceptors (Lipinski definition) is 10. The Morgan fingerprint density at radius 1 is 0.482 bits per heavy atom. The molecule has 2 radical (unpaired) electrons. The molecular weight excluding hydrogens is 852 g/mol. The van der Waals surface area contributed by atoms with Gasteiger partial charge in [-0.15, -0.1) is 11.5 Å². The molecule has 0 aliphatic heterocycles. The number of rotatable bonds is 10. The smallest absolute Gasteiger partial charge is 0.872 e. The molecule has 0 saturated carbocycles. The fourth-order valence-electron chi connectivity index (χ4n) is 3.60. The molecule has 0 aliphatic carbocycles. The number of benzene rings is 5. The Labute approximate surface area is 354 Å². The molecule has 5 rings (SSSR count). The van der Waals surface area contributed by atoms with E-state index in [4.69, 9.17) is 10.3 Å². The summed E-state index contributed by atoms with van der Waals surface area (Å²) in [5.74, 6) is 0.0576. The molecule has 0 aromatic heterocycles. The molecule has 0 heterocycles. The van der Waals surface area contributed by atoms with Gasteiger partial charge in [-0.1, -0.05) is 121 Å². The minimum Gasteiger partial charge on any atom is -0.872 e. The van der Waals surface area contributed by atoms with Gasteiger partial charge in [-0.3, -0.25) is 9.98 Å². The van der Waals surface area contributed by atoms with Gasteiger partial charge < -0.3 is 30.3 Å². The van der Waals surface area contributed by atoms with Gasteiger partial charge in [0.25, 0.3) is 0 Å². The Hall–Kier alpha value is -4.18. The first-order chi connectivity index (χ1) is 25.6. The van der Waals surface area contributed by atoms with Crippen molar-refractivity contribution in [3.8, 4) is 11.5 Å². The van der Waals surface area contributed by atoms with Crippen LogP contribution in [0.3, 0.4) is 0 Å². The van der Waals surface area contributed by atoms with Crippen LogP contribution in [0, 0.1) is 0 Å². The molecule has 0 saturated heterocycles. The van der Waals surface area contributed by atoms with Crippen molar-refractivity contribution >= 4 is 32.5 Å². The SMILES string of the molecule is CN(C)CCN=Cc1ccccc1[O-].CN(C)CCN=Cc1ccccc1[O-].[Cu+2].[Cu+2].[NH-]S(=O)(=O)c1ccccc1.[NH-]S(=O)(=O)c1ccccc1.c1ccccc1. The Kier molecular flexibility index (Phi) is 29.8. The summed E-state index contributed by atoms with van der Waals surface area (Å²) in [6, 6.07) is 41.1. The molecule has 5 aromatic carbocycles. The summed E-state index contributed by atoms with van der Waals surface area (Å²) in [5.41, 5.74) is 1.32. The van der Waals surface area contributed by atoms with E-state index in [-0.39, 0.29) is 55.4 Å². The van der Waals surface area contributed by atoms with E-state index in [1.807, 2.05) is 76.7 Å². The van der Waals surface area contributed by atoms with E-state index in [2.05, 4.69) is 19.8 Å². The number of likely N-dealkylation sites (N-methyl/N-ethyl adjacent to an activating group) is 2. The van der Waals surface area contributed by atoms with Crippen LogP contribution in [-0.2, 0) is 54.2 Å². The topological polar surface area (TPSA) is 193 Å². The van der Waals surface area contributed by atoms with E-state index < -0.39 is 20.0 Å². The largest absolute Gasteiger partial charge is 2.00 e. The Balaban J connectivity index is 0. The summed E-state index contributed by atoms with van der Waals surface area (Å²) in [5, 5.41) is 35.8. The van der Waals surface area contributed by atoms with Crippen molar-refractivity contribution in [2.75, 3.05) is 54.4 Å². The average molecular weight is 900 g/mol. The second kappa shape index (κ2) is 31.0. The maximum Gasteiger partial charge on any atom is 2.00 e. The zero-order valence-electron chi connectivity index (χ0n) is 31.5. The van der Waals surface area contributed by atoms with Crippen LogP contribution in [-0.4, -0.2) is 93.4 Å². The summed E-state index contributed by atoms with van der Waals surface area (Å²) >= 11 is 0. The summed E-state index contributed by atoms with van der Waals surface area (Å²) < 4.78 is 42.0. The second-order valence-electron chi connectivity index (χ2n) is 11.5. The van der Waals surface area contributed by atoms with E-state index in [0.29, 0.717) is 11.1 Å². The van der Waals surface area contributed by atoms with E-state index in [1.54, 1.807) is 85.2 Å². The van der Waals surface area contributed by atoms with Crippen molar-refractivity contribution in [2.45, 2.75) is 9.79 Å². The van der Waals surface area contributed by atoms with Gasteiger partial charge in [-0.25, -0.2) is 16.8 Å². The normalized spacial score (nSPS) is 10.6. The number of aliphatic imine (C=N–C) groups is 2. The summed E-state index contributed by atoms with van der Waals surface area (Å²) in [4.78, 5) is 12.5. The van der Waals surface area contributed by atoms with Crippen molar-refractivity contribution in [3.05, 3.63) is 167 Å². The molecule has 0 unspecified atom stereocenters. The molecule has 0 amide bonds. The van der Waals surface area contributed by atoms with Crippen molar-refractivity contribution in [1.29, 1.82) is 0 Å². The van der Waals surface area contributed by atoms with Crippen LogP contribution in [0.5, 0.6) is 11.5 Å². The third-order valence-electron chi connectivity index (χ3n) is 6.43. The Morgan fingerprint density at radius 2 is 0.732 bits per heavy atom. The fraction of sp³-hybridized carbons (Fsp3) is 0.200. The number of para-hydroxylation sites is 2. The zero-order chi connectivity index (χ0) is 40.2. The minimum atomic E-state index is -3.75. The zero-order valence-corrected chi connectivity index (χ0v) is 35.0. The van der Waals surface area contributed by atoms with E-state index in [0.717, 1.165) is 26.2 Å². The van der Waals surface area contributed by atoms with Gasteiger partial charge in [0.1, 0.15) is 0 Å². The number of hydrogen-bond donors (Lipinski definition) is 0. The van der Waals surface area contributed by atoms with E-state index >= 15 is 0 Å². The van der Waals surface area contributed by atoms with Crippen molar-refractivity contribution in [2.24, 2.45) is 9.98 Å². The number of sulfonamides is 2. The van der Waals surface area contributed by atoms with E-state index in [9.17, 15) is 27.0 Å². The second-order valence-corrected chi connectivity index (χ2v) is 14.5. The monoisotopic (exact) mass is 898 g/mol. The number of nitrogens with one attached hydrogen (secondary N) is 2. The Bertz CT molecular complexity index is 1850. The van der Waals surface area contributed by atoms with Gasteiger partial charge in [-0.2, -0.15) is 0 Å². The molecule has 5 aromatic rings. The Morgan fingerprint density at radius 3 is 0.964 bits per heavy atom. The molecular formula is C40H48Cu2N6O6S2. The van der Waals surface area contributed by atoms with Crippen LogP contribution in [0.15, 0.2) is 165 Å². The van der Waals surface area contributed by atoms with Gasteiger partial charge in [0.05, 0.1) is 33.1 Å². The van der Waals surface area contributed by atoms with Crippen molar-refractivity contribution < 1.29 is 61.2 Å². The van der Waals surface area contributed by atoms with Crippen LogP contribution in [0.2, 0.25) is 0 Å². The third-order valence-corrected chi connectivity index (χ3v) is 8.21. The molecule has 0 bridgehead atoms. The van der Waals surface area contributed by atoms with Crippen LogP contribution >= 0.6 is 0 Å². The van der Waals surface area contributed by atoms with Crippen LogP contribution in [0.4, 0.5) is 0 Å². The third kappa shape index (κ3) is 27.4. The first-order valence-electron chi connectivity index (χ1n) is 16.5. The van der Waals surface area contributed by atoms with Gasteiger partial charge >= 0.3 is 34.1 Å². The minimum absolute atomic E-state index is 0. The predicted molar refractivity (Wildman–Crippen MR) is 216 cm³/mol. The van der Waals surface area contributed by atoms with Crippen molar-refractivity contribution in [3.63, 3.8) is 0 Å². The molecule has 16 heteroatoms. The molecule has 308 valence electrons. The molecule has 2 N–H and O–H groups in total.